The predicted molar refractivity (Wildman–Crippen MR) is 84.1 cm³/mol. The molecule has 2 N–H and O–H groups in total. The Bertz CT molecular complexity index is 614. The minimum atomic E-state index is -0.505. The van der Waals surface area contributed by atoms with Crippen molar-refractivity contribution < 1.29 is 9.13 Å². The highest BCUT2D eigenvalue weighted by Gasteiger charge is 2.18. The first kappa shape index (κ1) is 15.5. The van der Waals surface area contributed by atoms with Crippen molar-refractivity contribution in [2.45, 2.75) is 32.2 Å². The number of halogens is 1. The summed E-state index contributed by atoms with van der Waals surface area (Å²) < 4.78 is 19.3. The fourth-order valence-electron chi connectivity index (χ4n) is 2.30. The molecule has 0 saturated carbocycles. The molecule has 2 nitrogen and oxygen atoms in total. The van der Waals surface area contributed by atoms with E-state index >= 15 is 0 Å². The Morgan fingerprint density at radius 3 is 2.19 bits per heavy atom. The molecule has 0 aliphatic rings. The van der Waals surface area contributed by atoms with Gasteiger partial charge in [-0.25, -0.2) is 4.39 Å². The minimum Gasteiger partial charge on any atom is -0.494 e. The first-order chi connectivity index (χ1) is 9.84. The lowest BCUT2D eigenvalue weighted by Crippen LogP contribution is -2.15. The van der Waals surface area contributed by atoms with E-state index in [0.717, 1.165) is 5.56 Å². The molecule has 0 amide bonds. The Morgan fingerprint density at radius 2 is 1.67 bits per heavy atom. The van der Waals surface area contributed by atoms with Gasteiger partial charge in [-0.15, -0.1) is 0 Å². The van der Waals surface area contributed by atoms with Gasteiger partial charge in [-0.3, -0.25) is 0 Å². The van der Waals surface area contributed by atoms with E-state index in [4.69, 9.17) is 10.5 Å². The molecule has 0 saturated heterocycles. The number of hydrogen-bond donors (Lipinski definition) is 1. The summed E-state index contributed by atoms with van der Waals surface area (Å²) in [6, 6.07) is 12.6. The van der Waals surface area contributed by atoms with E-state index in [0.29, 0.717) is 5.56 Å². The standard InChI is InChI=1S/C18H22FNO/c1-18(2,3)13-10-8-12(9-11-13)17(20)14-6-5-7-15(21-4)16(14)19/h5-11,17H,20H2,1-4H3. The van der Waals surface area contributed by atoms with Crippen LogP contribution in [-0.4, -0.2) is 7.11 Å². The van der Waals surface area contributed by atoms with Gasteiger partial charge in [-0.2, -0.15) is 0 Å². The molecule has 112 valence electrons. The molecule has 3 heteroatoms. The number of rotatable bonds is 3. The fourth-order valence-corrected chi connectivity index (χ4v) is 2.30. The highest BCUT2D eigenvalue weighted by atomic mass is 19.1. The lowest BCUT2D eigenvalue weighted by molar-refractivity contribution is 0.383. The molecule has 0 fully saturated rings. The van der Waals surface area contributed by atoms with E-state index < -0.39 is 11.9 Å². The summed E-state index contributed by atoms with van der Waals surface area (Å²) in [4.78, 5) is 0. The van der Waals surface area contributed by atoms with E-state index in [1.165, 1.54) is 12.7 Å². The Balaban J connectivity index is 2.34. The van der Waals surface area contributed by atoms with E-state index in [2.05, 4.69) is 20.8 Å². The van der Waals surface area contributed by atoms with Crippen LogP contribution in [0.5, 0.6) is 5.75 Å². The van der Waals surface area contributed by atoms with Gasteiger partial charge in [-0.05, 0) is 22.6 Å². The third kappa shape index (κ3) is 3.24. The monoisotopic (exact) mass is 287 g/mol. The molecule has 0 aromatic heterocycles. The number of ether oxygens (including phenoxy) is 1. The van der Waals surface area contributed by atoms with Gasteiger partial charge in [0.1, 0.15) is 0 Å². The summed E-state index contributed by atoms with van der Waals surface area (Å²) in [6.07, 6.45) is 0. The Morgan fingerprint density at radius 1 is 1.05 bits per heavy atom. The van der Waals surface area contributed by atoms with Crippen LogP contribution in [0.4, 0.5) is 4.39 Å². The van der Waals surface area contributed by atoms with Crippen molar-refractivity contribution in [3.05, 3.63) is 65.0 Å². The summed E-state index contributed by atoms with van der Waals surface area (Å²) >= 11 is 0. The van der Waals surface area contributed by atoms with Gasteiger partial charge < -0.3 is 10.5 Å². The van der Waals surface area contributed by atoms with Gasteiger partial charge in [0.25, 0.3) is 0 Å². The number of hydrogen-bond acceptors (Lipinski definition) is 2. The molecule has 0 bridgehead atoms. The lowest BCUT2D eigenvalue weighted by atomic mass is 9.86. The molecule has 0 aliphatic heterocycles. The van der Waals surface area contributed by atoms with Gasteiger partial charge in [0.15, 0.2) is 11.6 Å². The zero-order valence-electron chi connectivity index (χ0n) is 13.0. The topological polar surface area (TPSA) is 35.2 Å². The fraction of sp³-hybridized carbons (Fsp3) is 0.333. The van der Waals surface area contributed by atoms with Crippen molar-refractivity contribution in [3.8, 4) is 5.75 Å². The maximum Gasteiger partial charge on any atom is 0.170 e. The maximum absolute atomic E-state index is 14.3. The molecule has 0 spiro atoms. The smallest absolute Gasteiger partial charge is 0.170 e. The third-order valence-electron chi connectivity index (χ3n) is 3.68. The van der Waals surface area contributed by atoms with Gasteiger partial charge in [0.2, 0.25) is 0 Å². The summed E-state index contributed by atoms with van der Waals surface area (Å²) in [6.45, 7) is 6.47. The first-order valence-electron chi connectivity index (χ1n) is 7.03. The third-order valence-corrected chi connectivity index (χ3v) is 3.68. The van der Waals surface area contributed by atoms with Crippen molar-refractivity contribution in [1.29, 1.82) is 0 Å². The zero-order chi connectivity index (χ0) is 15.6. The van der Waals surface area contributed by atoms with Crippen LogP contribution in [0, 0.1) is 5.82 Å². The number of benzene rings is 2. The minimum absolute atomic E-state index is 0.0871. The summed E-state index contributed by atoms with van der Waals surface area (Å²) in [5.74, 6) is -0.179. The molecule has 0 aliphatic carbocycles. The normalized spacial score (nSPS) is 13.0. The van der Waals surface area contributed by atoms with Crippen LogP contribution in [0.25, 0.3) is 0 Å². The second kappa shape index (κ2) is 5.86. The quantitative estimate of drug-likeness (QED) is 0.919. The molecule has 21 heavy (non-hydrogen) atoms. The molecule has 2 rings (SSSR count). The van der Waals surface area contributed by atoms with Gasteiger partial charge in [0.05, 0.1) is 13.2 Å². The van der Waals surface area contributed by atoms with E-state index in [1.807, 2.05) is 24.3 Å². The number of nitrogens with two attached hydrogens (primary N) is 1. The zero-order valence-corrected chi connectivity index (χ0v) is 13.0. The first-order valence-corrected chi connectivity index (χ1v) is 7.03. The SMILES string of the molecule is COc1cccc(C(N)c2ccc(C(C)(C)C)cc2)c1F. The second-order valence-corrected chi connectivity index (χ2v) is 6.21. The van der Waals surface area contributed by atoms with Crippen LogP contribution in [0.1, 0.15) is 43.5 Å². The molecular formula is C18H22FNO. The van der Waals surface area contributed by atoms with E-state index in [1.54, 1.807) is 18.2 Å². The Hall–Kier alpha value is -1.87. The molecule has 2 aromatic carbocycles. The largest absolute Gasteiger partial charge is 0.494 e. The van der Waals surface area contributed by atoms with Gasteiger partial charge >= 0.3 is 0 Å². The van der Waals surface area contributed by atoms with Crippen LogP contribution in [0.2, 0.25) is 0 Å². The van der Waals surface area contributed by atoms with Crippen molar-refractivity contribution in [2.75, 3.05) is 7.11 Å². The molecular weight excluding hydrogens is 265 g/mol. The summed E-state index contributed by atoms with van der Waals surface area (Å²) in [7, 11) is 1.45. The Labute approximate surface area is 125 Å². The summed E-state index contributed by atoms with van der Waals surface area (Å²) in [5, 5.41) is 0. The average molecular weight is 287 g/mol. The summed E-state index contributed by atoms with van der Waals surface area (Å²) in [5.41, 5.74) is 8.84. The van der Waals surface area contributed by atoms with Crippen LogP contribution in [-0.2, 0) is 5.41 Å². The number of methoxy groups -OCH3 is 1. The molecule has 1 unspecified atom stereocenters. The Kier molecular flexibility index (Phi) is 4.33. The van der Waals surface area contributed by atoms with Gasteiger partial charge in [-0.1, -0.05) is 57.2 Å². The second-order valence-electron chi connectivity index (χ2n) is 6.21. The predicted octanol–water partition coefficient (Wildman–Crippen LogP) is 4.18. The maximum atomic E-state index is 14.3. The molecule has 0 radical (unpaired) electrons. The van der Waals surface area contributed by atoms with E-state index in [9.17, 15) is 4.39 Å². The van der Waals surface area contributed by atoms with Crippen molar-refractivity contribution in [3.63, 3.8) is 0 Å². The van der Waals surface area contributed by atoms with Crippen LogP contribution in [0.15, 0.2) is 42.5 Å². The highest BCUT2D eigenvalue weighted by molar-refractivity contribution is 5.39. The molecule has 2 aromatic rings. The highest BCUT2D eigenvalue weighted by Crippen LogP contribution is 2.29. The van der Waals surface area contributed by atoms with Crippen molar-refractivity contribution >= 4 is 0 Å². The van der Waals surface area contributed by atoms with Crippen LogP contribution >= 0.6 is 0 Å². The lowest BCUT2D eigenvalue weighted by Gasteiger charge is -2.20. The van der Waals surface area contributed by atoms with E-state index in [-0.39, 0.29) is 11.2 Å². The molecule has 0 heterocycles. The van der Waals surface area contributed by atoms with Crippen molar-refractivity contribution in [1.82, 2.24) is 0 Å². The van der Waals surface area contributed by atoms with Crippen LogP contribution in [0.3, 0.4) is 0 Å². The molecule has 1 atom stereocenters. The van der Waals surface area contributed by atoms with Gasteiger partial charge in [0, 0.05) is 5.56 Å². The average Bonchev–Trinajstić information content (AvgIpc) is 2.46. The van der Waals surface area contributed by atoms with Crippen molar-refractivity contribution in [2.24, 2.45) is 5.73 Å². The van der Waals surface area contributed by atoms with Crippen LogP contribution < -0.4 is 10.5 Å².